The fraction of sp³-hybridized carbons (Fsp3) is 0.412. The predicted octanol–water partition coefficient (Wildman–Crippen LogP) is 2.59. The Morgan fingerprint density at radius 3 is 2.87 bits per heavy atom. The summed E-state index contributed by atoms with van der Waals surface area (Å²) >= 11 is 1.59. The van der Waals surface area contributed by atoms with Crippen molar-refractivity contribution in [3.05, 3.63) is 46.4 Å². The molecule has 2 aromatic heterocycles. The van der Waals surface area contributed by atoms with Gasteiger partial charge in [0, 0.05) is 19.3 Å². The van der Waals surface area contributed by atoms with Gasteiger partial charge >= 0.3 is 0 Å². The van der Waals surface area contributed by atoms with Gasteiger partial charge in [0.1, 0.15) is 6.04 Å². The van der Waals surface area contributed by atoms with Crippen molar-refractivity contribution < 1.29 is 9.90 Å². The molecule has 2 aromatic rings. The number of likely N-dealkylation sites (tertiary alicyclic amines) is 1. The minimum atomic E-state index is -0.326. The topological polar surface area (TPSA) is 65.5 Å². The zero-order chi connectivity index (χ0) is 16.2. The van der Waals surface area contributed by atoms with E-state index < -0.39 is 0 Å². The van der Waals surface area contributed by atoms with Crippen LogP contribution in [0.25, 0.3) is 0 Å². The van der Waals surface area contributed by atoms with Gasteiger partial charge in [-0.25, -0.2) is 0 Å². The number of anilines is 1. The maximum absolute atomic E-state index is 12.9. The van der Waals surface area contributed by atoms with E-state index in [1.54, 1.807) is 23.7 Å². The summed E-state index contributed by atoms with van der Waals surface area (Å²) in [7, 11) is 0. The van der Waals surface area contributed by atoms with Gasteiger partial charge in [0.25, 0.3) is 0 Å². The summed E-state index contributed by atoms with van der Waals surface area (Å²) in [6, 6.07) is 3.55. The number of aryl methyl sites for hydroxylation is 1. The third-order valence-corrected chi connectivity index (χ3v) is 4.97. The molecule has 5 nitrogen and oxygen atoms in total. The number of hydrogen-bond acceptors (Lipinski definition) is 5. The smallest absolute Gasteiger partial charge is 0.246 e. The van der Waals surface area contributed by atoms with Gasteiger partial charge in [-0.1, -0.05) is 0 Å². The Kier molecular flexibility index (Phi) is 5.05. The molecule has 1 saturated heterocycles. The van der Waals surface area contributed by atoms with Gasteiger partial charge in [-0.05, 0) is 53.8 Å². The third kappa shape index (κ3) is 3.77. The van der Waals surface area contributed by atoms with E-state index in [2.05, 4.69) is 15.2 Å². The molecule has 1 fully saturated rings. The quantitative estimate of drug-likeness (QED) is 0.904. The molecule has 1 aliphatic heterocycles. The minimum Gasteiger partial charge on any atom is -0.393 e. The average Bonchev–Trinajstić information content (AvgIpc) is 3.06. The Morgan fingerprint density at radius 1 is 1.43 bits per heavy atom. The highest BCUT2D eigenvalue weighted by Crippen LogP contribution is 2.28. The highest BCUT2D eigenvalue weighted by molar-refractivity contribution is 7.08. The second-order valence-corrected chi connectivity index (χ2v) is 6.69. The summed E-state index contributed by atoms with van der Waals surface area (Å²) in [5.74, 6) is -0.0455. The molecule has 0 spiro atoms. The van der Waals surface area contributed by atoms with Crippen LogP contribution in [0.3, 0.4) is 0 Å². The summed E-state index contributed by atoms with van der Waals surface area (Å²) in [5, 5.41) is 16.7. The van der Waals surface area contributed by atoms with Crippen LogP contribution in [0.15, 0.2) is 35.3 Å². The summed E-state index contributed by atoms with van der Waals surface area (Å²) < 4.78 is 0. The normalized spacial score (nSPS) is 17.8. The van der Waals surface area contributed by atoms with Crippen LogP contribution in [0.2, 0.25) is 0 Å². The standard InChI is InChI=1S/C17H21N3O2S/c1-12-2-6-18-10-15(12)19-17(22)16(13-5-9-23-11-13)20-7-3-14(21)4-8-20/h2,5-6,9-11,14,16,21H,3-4,7-8H2,1H3,(H,19,22)/t16-/m1/s1. The van der Waals surface area contributed by atoms with Crippen LogP contribution >= 0.6 is 11.3 Å². The Hall–Kier alpha value is -1.76. The van der Waals surface area contributed by atoms with Crippen molar-refractivity contribution in [3.8, 4) is 0 Å². The predicted molar refractivity (Wildman–Crippen MR) is 91.5 cm³/mol. The number of aromatic nitrogens is 1. The number of aliphatic hydroxyl groups excluding tert-OH is 1. The van der Waals surface area contributed by atoms with Crippen LogP contribution in [-0.2, 0) is 4.79 Å². The molecule has 0 unspecified atom stereocenters. The van der Waals surface area contributed by atoms with E-state index in [0.29, 0.717) is 12.8 Å². The SMILES string of the molecule is Cc1ccncc1NC(=O)[C@@H](c1ccsc1)N1CCC(O)CC1. The summed E-state index contributed by atoms with van der Waals surface area (Å²) in [5.41, 5.74) is 2.74. The number of carbonyl (C=O) groups is 1. The fourth-order valence-corrected chi connectivity index (χ4v) is 3.58. The lowest BCUT2D eigenvalue weighted by Crippen LogP contribution is -2.43. The first kappa shape index (κ1) is 16.1. The highest BCUT2D eigenvalue weighted by atomic mass is 32.1. The number of pyridine rings is 1. The van der Waals surface area contributed by atoms with Gasteiger partial charge in [0.15, 0.2) is 0 Å². The second-order valence-electron chi connectivity index (χ2n) is 5.91. The first-order chi connectivity index (χ1) is 11.1. The van der Waals surface area contributed by atoms with Crippen molar-refractivity contribution in [2.45, 2.75) is 31.9 Å². The zero-order valence-electron chi connectivity index (χ0n) is 13.1. The molecule has 0 bridgehead atoms. The van der Waals surface area contributed by atoms with Crippen LogP contribution in [0.5, 0.6) is 0 Å². The number of aliphatic hydroxyl groups is 1. The van der Waals surface area contributed by atoms with Crippen LogP contribution in [0.4, 0.5) is 5.69 Å². The fourth-order valence-electron chi connectivity index (χ4n) is 2.90. The summed E-state index contributed by atoms with van der Waals surface area (Å²) in [4.78, 5) is 19.1. The molecule has 0 aliphatic carbocycles. The summed E-state index contributed by atoms with van der Waals surface area (Å²) in [6.45, 7) is 3.40. The highest BCUT2D eigenvalue weighted by Gasteiger charge is 2.31. The van der Waals surface area contributed by atoms with E-state index in [9.17, 15) is 9.90 Å². The van der Waals surface area contributed by atoms with Crippen LogP contribution in [0.1, 0.15) is 30.0 Å². The van der Waals surface area contributed by atoms with Crippen LogP contribution in [-0.4, -0.2) is 40.1 Å². The number of carbonyl (C=O) groups excluding carboxylic acids is 1. The number of piperidine rings is 1. The molecule has 23 heavy (non-hydrogen) atoms. The molecular formula is C17H21N3O2S. The number of nitrogens with zero attached hydrogens (tertiary/aromatic N) is 2. The Morgan fingerprint density at radius 2 is 2.22 bits per heavy atom. The van der Waals surface area contributed by atoms with E-state index in [1.807, 2.05) is 29.8 Å². The number of nitrogens with one attached hydrogen (secondary N) is 1. The van der Waals surface area contributed by atoms with Gasteiger partial charge in [0.2, 0.25) is 5.91 Å². The minimum absolute atomic E-state index is 0.0455. The van der Waals surface area contributed by atoms with Crippen molar-refractivity contribution >= 4 is 22.9 Å². The molecule has 6 heteroatoms. The van der Waals surface area contributed by atoms with Crippen LogP contribution < -0.4 is 5.32 Å². The largest absolute Gasteiger partial charge is 0.393 e. The number of amides is 1. The lowest BCUT2D eigenvalue weighted by Gasteiger charge is -2.35. The maximum Gasteiger partial charge on any atom is 0.246 e. The van der Waals surface area contributed by atoms with E-state index in [0.717, 1.165) is 29.9 Å². The molecule has 3 rings (SSSR count). The Bertz CT molecular complexity index is 652. The maximum atomic E-state index is 12.9. The molecule has 2 N–H and O–H groups in total. The van der Waals surface area contributed by atoms with Gasteiger partial charge < -0.3 is 10.4 Å². The second kappa shape index (κ2) is 7.21. The van der Waals surface area contributed by atoms with E-state index >= 15 is 0 Å². The number of rotatable bonds is 4. The molecule has 0 saturated carbocycles. The van der Waals surface area contributed by atoms with Crippen molar-refractivity contribution in [3.63, 3.8) is 0 Å². The van der Waals surface area contributed by atoms with Gasteiger partial charge in [0.05, 0.1) is 18.0 Å². The molecule has 0 aromatic carbocycles. The summed E-state index contributed by atoms with van der Waals surface area (Å²) in [6.07, 6.45) is 4.56. The average molecular weight is 331 g/mol. The van der Waals surface area contributed by atoms with Gasteiger partial charge in [-0.3, -0.25) is 14.7 Å². The Balaban J connectivity index is 1.81. The first-order valence-corrected chi connectivity index (χ1v) is 8.75. The van der Waals surface area contributed by atoms with Crippen LogP contribution in [0, 0.1) is 6.92 Å². The van der Waals surface area contributed by atoms with Crippen molar-refractivity contribution in [1.29, 1.82) is 0 Å². The third-order valence-electron chi connectivity index (χ3n) is 4.27. The molecule has 122 valence electrons. The molecule has 1 atom stereocenters. The Labute approximate surface area is 140 Å². The molecule has 1 amide bonds. The van der Waals surface area contributed by atoms with Gasteiger partial charge in [-0.15, -0.1) is 0 Å². The lowest BCUT2D eigenvalue weighted by molar-refractivity contribution is -0.122. The first-order valence-electron chi connectivity index (χ1n) is 7.81. The van der Waals surface area contributed by atoms with Crippen molar-refractivity contribution in [2.24, 2.45) is 0 Å². The van der Waals surface area contributed by atoms with Crippen molar-refractivity contribution in [2.75, 3.05) is 18.4 Å². The molecule has 1 aliphatic rings. The van der Waals surface area contributed by atoms with E-state index in [-0.39, 0.29) is 18.1 Å². The zero-order valence-corrected chi connectivity index (χ0v) is 13.9. The lowest BCUT2D eigenvalue weighted by atomic mass is 10.0. The monoisotopic (exact) mass is 331 g/mol. The molecule has 3 heterocycles. The van der Waals surface area contributed by atoms with E-state index in [1.165, 1.54) is 0 Å². The van der Waals surface area contributed by atoms with E-state index in [4.69, 9.17) is 0 Å². The van der Waals surface area contributed by atoms with Crippen molar-refractivity contribution in [1.82, 2.24) is 9.88 Å². The van der Waals surface area contributed by atoms with Gasteiger partial charge in [-0.2, -0.15) is 11.3 Å². The number of hydrogen-bond donors (Lipinski definition) is 2. The number of thiophene rings is 1. The molecule has 0 radical (unpaired) electrons. The molecular weight excluding hydrogens is 310 g/mol.